The van der Waals surface area contributed by atoms with Crippen LogP contribution in [0.4, 0.5) is 0 Å². The van der Waals surface area contributed by atoms with Gasteiger partial charge in [-0.05, 0) is 74.1 Å². The first-order chi connectivity index (χ1) is 12.8. The Morgan fingerprint density at radius 3 is 1.70 bits per heavy atom. The van der Waals surface area contributed by atoms with E-state index in [9.17, 15) is 9.90 Å². The monoisotopic (exact) mass is 374 g/mol. The van der Waals surface area contributed by atoms with Gasteiger partial charge in [0, 0.05) is 6.42 Å². The summed E-state index contributed by atoms with van der Waals surface area (Å²) in [5.41, 5.74) is 4.47. The van der Waals surface area contributed by atoms with E-state index in [2.05, 4.69) is 0 Å². The lowest BCUT2D eigenvalue weighted by atomic mass is 10.0. The van der Waals surface area contributed by atoms with Gasteiger partial charge >= 0.3 is 5.97 Å². The number of ether oxygens (including phenoxy) is 1. The van der Waals surface area contributed by atoms with Crippen molar-refractivity contribution in [2.24, 2.45) is 0 Å². The van der Waals surface area contributed by atoms with Crippen molar-refractivity contribution < 1.29 is 19.7 Å². The molecule has 0 heterocycles. The van der Waals surface area contributed by atoms with E-state index in [1.807, 2.05) is 67.5 Å². The van der Waals surface area contributed by atoms with Gasteiger partial charge in [-0.25, -0.2) is 0 Å². The molecule has 4 nitrogen and oxygen atoms in total. The topological polar surface area (TPSA) is 66.8 Å². The van der Waals surface area contributed by atoms with E-state index in [0.29, 0.717) is 12.2 Å². The molecule has 0 aliphatic rings. The minimum atomic E-state index is -0.796. The highest BCUT2D eigenvalue weighted by Gasteiger charge is 2.11. The Kier molecular flexibility index (Phi) is 10.9. The molecule has 150 valence electrons. The van der Waals surface area contributed by atoms with Crippen molar-refractivity contribution in [2.75, 3.05) is 0 Å². The van der Waals surface area contributed by atoms with Crippen molar-refractivity contribution in [3.8, 4) is 17.2 Å². The smallest absolute Gasteiger partial charge is 0.303 e. The van der Waals surface area contributed by atoms with E-state index in [4.69, 9.17) is 9.84 Å². The number of phenolic OH excluding ortho intramolecular Hbond substituents is 1. The molecule has 4 heteroatoms. The average molecular weight is 375 g/mol. The number of benzene rings is 2. The van der Waals surface area contributed by atoms with Crippen molar-refractivity contribution >= 4 is 5.97 Å². The number of aryl methyl sites for hydroxylation is 5. The fraction of sp³-hybridized carbons (Fsp3) is 0.435. The van der Waals surface area contributed by atoms with Gasteiger partial charge in [0.15, 0.2) is 0 Å². The van der Waals surface area contributed by atoms with Gasteiger partial charge in [0.05, 0.1) is 0 Å². The summed E-state index contributed by atoms with van der Waals surface area (Å²) in [6, 6.07) is 7.54. The fourth-order valence-electron chi connectivity index (χ4n) is 2.69. The Bertz CT molecular complexity index is 702. The summed E-state index contributed by atoms with van der Waals surface area (Å²) in [5.74, 6) is 0.946. The molecule has 2 rings (SSSR count). The van der Waals surface area contributed by atoms with Crippen molar-refractivity contribution in [1.29, 1.82) is 0 Å². The van der Waals surface area contributed by atoms with Crippen LogP contribution >= 0.6 is 0 Å². The van der Waals surface area contributed by atoms with Gasteiger partial charge in [-0.3, -0.25) is 4.79 Å². The molecule has 0 amide bonds. The van der Waals surface area contributed by atoms with Crippen LogP contribution in [0.25, 0.3) is 0 Å². The van der Waals surface area contributed by atoms with E-state index >= 15 is 0 Å². The minimum absolute atomic E-state index is 0.120. The molecule has 0 spiro atoms. The normalized spacial score (nSPS) is 9.48. The van der Waals surface area contributed by atoms with Gasteiger partial charge in [-0.15, -0.1) is 0 Å². The Balaban J connectivity index is 0.00000158. The highest BCUT2D eigenvalue weighted by atomic mass is 16.5. The van der Waals surface area contributed by atoms with Gasteiger partial charge in [0.25, 0.3) is 0 Å². The summed E-state index contributed by atoms with van der Waals surface area (Å²) in [5, 5.41) is 18.6. The Hall–Kier alpha value is -2.49. The molecule has 0 aliphatic carbocycles. The Labute approximate surface area is 163 Å². The zero-order valence-electron chi connectivity index (χ0n) is 17.9. The summed E-state index contributed by atoms with van der Waals surface area (Å²) in [4.78, 5) is 10.7. The zero-order chi connectivity index (χ0) is 21.1. The number of aromatic hydroxyl groups is 1. The largest absolute Gasteiger partial charge is 0.507 e. The quantitative estimate of drug-likeness (QED) is 0.628. The van der Waals surface area contributed by atoms with Crippen LogP contribution in [0.2, 0.25) is 0 Å². The third kappa shape index (κ3) is 7.33. The van der Waals surface area contributed by atoms with Crippen LogP contribution in [0, 0.1) is 27.7 Å². The van der Waals surface area contributed by atoms with Gasteiger partial charge in [0.2, 0.25) is 0 Å². The van der Waals surface area contributed by atoms with Gasteiger partial charge < -0.3 is 14.9 Å². The number of hydrogen-bond donors (Lipinski definition) is 2. The Morgan fingerprint density at radius 2 is 1.30 bits per heavy atom. The molecular formula is C23H34O4. The van der Waals surface area contributed by atoms with Crippen molar-refractivity contribution in [1.82, 2.24) is 0 Å². The first-order valence-electron chi connectivity index (χ1n) is 9.58. The summed E-state index contributed by atoms with van der Waals surface area (Å²) in [6.45, 7) is 15.6. The molecule has 0 atom stereocenters. The molecule has 0 saturated heterocycles. The number of rotatable bonds is 5. The number of carbonyl (C=O) groups is 1. The first-order valence-corrected chi connectivity index (χ1v) is 9.58. The summed E-state index contributed by atoms with van der Waals surface area (Å²) in [7, 11) is 0. The molecule has 2 aromatic carbocycles. The summed E-state index contributed by atoms with van der Waals surface area (Å²) >= 11 is 0. The second-order valence-electron chi connectivity index (χ2n) is 5.96. The lowest BCUT2D eigenvalue weighted by Crippen LogP contribution is -1.99. The summed E-state index contributed by atoms with van der Waals surface area (Å²) < 4.78 is 6.01. The lowest BCUT2D eigenvalue weighted by Gasteiger charge is -2.15. The first kappa shape index (κ1) is 24.5. The maximum atomic E-state index is 10.7. The molecule has 0 radical (unpaired) electrons. The van der Waals surface area contributed by atoms with Gasteiger partial charge in [0.1, 0.15) is 17.2 Å². The molecule has 27 heavy (non-hydrogen) atoms. The minimum Gasteiger partial charge on any atom is -0.507 e. The second kappa shape index (κ2) is 12.0. The van der Waals surface area contributed by atoms with E-state index < -0.39 is 5.97 Å². The lowest BCUT2D eigenvalue weighted by molar-refractivity contribution is -0.136. The zero-order valence-corrected chi connectivity index (χ0v) is 17.9. The molecule has 0 unspecified atom stereocenters. The van der Waals surface area contributed by atoms with Crippen LogP contribution in [-0.2, 0) is 11.2 Å². The molecular weight excluding hydrogens is 340 g/mol. The predicted octanol–water partition coefficient (Wildman–Crippen LogP) is 6.49. The number of carboxylic acids is 1. The third-order valence-electron chi connectivity index (χ3n) is 3.83. The van der Waals surface area contributed by atoms with Crippen LogP contribution in [-0.4, -0.2) is 16.2 Å². The van der Waals surface area contributed by atoms with Crippen LogP contribution in [0.15, 0.2) is 24.3 Å². The highest BCUT2D eigenvalue weighted by molar-refractivity contribution is 5.67. The number of phenols is 1. The number of carboxylic acid groups (broad SMARTS) is 1. The molecule has 0 fully saturated rings. The van der Waals surface area contributed by atoms with E-state index in [1.165, 1.54) is 0 Å². The second-order valence-corrected chi connectivity index (χ2v) is 5.96. The average Bonchev–Trinajstić information content (AvgIpc) is 2.64. The van der Waals surface area contributed by atoms with Crippen molar-refractivity contribution in [2.45, 2.75) is 68.2 Å². The molecule has 2 aromatic rings. The maximum Gasteiger partial charge on any atom is 0.303 e. The van der Waals surface area contributed by atoms with Gasteiger partial charge in [-0.2, -0.15) is 0 Å². The van der Waals surface area contributed by atoms with E-state index in [-0.39, 0.29) is 12.2 Å². The van der Waals surface area contributed by atoms with Crippen LogP contribution < -0.4 is 4.74 Å². The Morgan fingerprint density at radius 1 is 0.852 bits per heavy atom. The van der Waals surface area contributed by atoms with Crippen LogP contribution in [0.1, 0.15) is 61.9 Å². The van der Waals surface area contributed by atoms with Crippen molar-refractivity contribution in [3.05, 3.63) is 52.1 Å². The molecule has 0 bridgehead atoms. The number of hydrogen-bond acceptors (Lipinski definition) is 3. The van der Waals surface area contributed by atoms with Crippen LogP contribution in [0.5, 0.6) is 17.2 Å². The highest BCUT2D eigenvalue weighted by Crippen LogP contribution is 2.33. The number of aliphatic carboxylic acids is 1. The third-order valence-corrected chi connectivity index (χ3v) is 3.83. The molecule has 0 aliphatic heterocycles. The molecule has 0 aromatic heterocycles. The maximum absolute atomic E-state index is 10.7. The predicted molar refractivity (Wildman–Crippen MR) is 112 cm³/mol. The van der Waals surface area contributed by atoms with Crippen molar-refractivity contribution in [3.63, 3.8) is 0 Å². The van der Waals surface area contributed by atoms with Gasteiger partial charge in [-0.1, -0.05) is 39.8 Å². The molecule has 0 saturated carbocycles. The fourth-order valence-corrected chi connectivity index (χ4v) is 2.69. The molecule has 2 N–H and O–H groups in total. The van der Waals surface area contributed by atoms with E-state index in [0.717, 1.165) is 33.6 Å². The summed E-state index contributed by atoms with van der Waals surface area (Å²) in [6.07, 6.45) is 0.629. The SMILES string of the molecule is CC.CC.Cc1cc(Oc2c(C)cc(CCC(=O)O)cc2C)cc(C)c1O. The van der Waals surface area contributed by atoms with E-state index in [1.54, 1.807) is 12.1 Å². The standard InChI is InChI=1S/C19H22O4.2C2H6/c1-11-9-16(10-12(2)18(11)22)23-19-13(3)7-15(8-14(19)4)5-6-17(20)21;2*1-2/h7-10,22H,5-6H2,1-4H3,(H,20,21);2*1-2H3. The van der Waals surface area contributed by atoms with Crippen LogP contribution in [0.3, 0.4) is 0 Å².